The van der Waals surface area contributed by atoms with E-state index in [-0.39, 0.29) is 49.1 Å². The monoisotopic (exact) mass is 918 g/mol. The van der Waals surface area contributed by atoms with E-state index in [9.17, 15) is 19.5 Å². The van der Waals surface area contributed by atoms with Crippen molar-refractivity contribution in [3.63, 3.8) is 0 Å². The molecule has 0 saturated heterocycles. The van der Waals surface area contributed by atoms with Crippen LogP contribution in [0.4, 0.5) is 0 Å². The number of hydrogen-bond donors (Lipinski definition) is 0. The van der Waals surface area contributed by atoms with Gasteiger partial charge in [0.2, 0.25) is 0 Å². The summed E-state index contributed by atoms with van der Waals surface area (Å²) < 4.78 is 17.2. The summed E-state index contributed by atoms with van der Waals surface area (Å²) in [7, 11) is 5.38. The fraction of sp³-hybridized carbons (Fsp3) is 0.638. The molecule has 0 amide bonds. The normalized spacial score (nSPS) is 13.8. The number of carboxylic acids is 1. The van der Waals surface area contributed by atoms with Gasteiger partial charge in [0.05, 0.1) is 40.3 Å². The Labute approximate surface area is 404 Å². The van der Waals surface area contributed by atoms with Crippen LogP contribution in [0, 0.1) is 0 Å². The van der Waals surface area contributed by atoms with E-state index in [1.54, 1.807) is 21.1 Å². The molecule has 0 aromatic heterocycles. The maximum Gasteiger partial charge on any atom is 0.306 e. The maximum absolute atomic E-state index is 12.8. The molecule has 0 aromatic carbocycles. The van der Waals surface area contributed by atoms with Crippen LogP contribution in [-0.4, -0.2) is 75.5 Å². The Hall–Kier alpha value is -4.01. The van der Waals surface area contributed by atoms with Crippen LogP contribution >= 0.6 is 0 Å². The number of quaternary nitrogens is 1. The standard InChI is InChI=1S/C58H95NO7/c1-6-8-10-12-14-16-18-20-22-24-26-27-28-29-31-32-34-36-38-40-42-44-46-48-56(60)65-53-54(52-64-51-50-55(58(62)63)59(3,4)5)66-57(61)49-47-45-43-41-39-37-35-33-30-25-23-21-19-17-15-13-11-9-7-2/h9,11,13,15,17,19,21,23,25-27,29-31,33,35,37,39,54-55H,6-8,10,12,14,16,18,20,22,24,28,32,34,36,38,40-53H2,1-5H3/b11-9+,15-13+,19-17+,23-21+,27-26+,30-25+,31-29+,35-33+,39-37+. The number of unbranched alkanes of at least 4 members (excludes halogenated alkanes) is 19. The predicted octanol–water partition coefficient (Wildman–Crippen LogP) is 13.9. The fourth-order valence-electron chi connectivity index (χ4n) is 7.08. The molecule has 374 valence electrons. The molecule has 0 fully saturated rings. The van der Waals surface area contributed by atoms with E-state index >= 15 is 0 Å². The van der Waals surface area contributed by atoms with Crippen LogP contribution in [0.3, 0.4) is 0 Å². The summed E-state index contributed by atoms with van der Waals surface area (Å²) in [6, 6.07) is -0.744. The highest BCUT2D eigenvalue weighted by atomic mass is 16.6. The van der Waals surface area contributed by atoms with Gasteiger partial charge in [0, 0.05) is 19.3 Å². The summed E-state index contributed by atoms with van der Waals surface area (Å²) in [6.45, 7) is 4.45. The van der Waals surface area contributed by atoms with Crippen LogP contribution in [0.2, 0.25) is 0 Å². The van der Waals surface area contributed by atoms with Gasteiger partial charge in [-0.2, -0.15) is 0 Å². The van der Waals surface area contributed by atoms with Gasteiger partial charge in [0.25, 0.3) is 0 Å². The first kappa shape index (κ1) is 62.0. The Morgan fingerprint density at radius 3 is 1.39 bits per heavy atom. The molecular weight excluding hydrogens is 823 g/mol. The third-order valence-corrected chi connectivity index (χ3v) is 11.1. The van der Waals surface area contributed by atoms with Gasteiger partial charge in [0.1, 0.15) is 12.6 Å². The number of esters is 2. The first-order valence-electron chi connectivity index (χ1n) is 26.0. The van der Waals surface area contributed by atoms with Crippen LogP contribution in [0.5, 0.6) is 0 Å². The van der Waals surface area contributed by atoms with Crippen molar-refractivity contribution >= 4 is 17.9 Å². The van der Waals surface area contributed by atoms with E-state index in [1.807, 2.05) is 72.9 Å². The molecule has 0 heterocycles. The number of carbonyl (C=O) groups excluding carboxylic acids is 3. The van der Waals surface area contributed by atoms with E-state index in [0.717, 1.165) is 57.8 Å². The molecular formula is C58H95NO7. The molecule has 0 radical (unpaired) electrons. The third kappa shape index (κ3) is 45.2. The topological polar surface area (TPSA) is 102 Å². The molecule has 2 atom stereocenters. The average Bonchev–Trinajstić information content (AvgIpc) is 3.28. The lowest BCUT2D eigenvalue weighted by molar-refractivity contribution is -0.889. The van der Waals surface area contributed by atoms with Crippen molar-refractivity contribution in [2.75, 3.05) is 41.0 Å². The first-order valence-corrected chi connectivity index (χ1v) is 26.0. The quantitative estimate of drug-likeness (QED) is 0.0197. The van der Waals surface area contributed by atoms with Crippen molar-refractivity contribution in [3.05, 3.63) is 109 Å². The minimum atomic E-state index is -1.14. The minimum Gasteiger partial charge on any atom is -0.544 e. The molecule has 8 nitrogen and oxygen atoms in total. The molecule has 0 saturated carbocycles. The van der Waals surface area contributed by atoms with Crippen LogP contribution in [0.15, 0.2) is 109 Å². The van der Waals surface area contributed by atoms with Crippen LogP contribution in [0.25, 0.3) is 0 Å². The molecule has 0 aliphatic heterocycles. The molecule has 0 spiro atoms. The second-order valence-corrected chi connectivity index (χ2v) is 18.2. The van der Waals surface area contributed by atoms with Crippen molar-refractivity contribution in [2.45, 2.75) is 199 Å². The van der Waals surface area contributed by atoms with Crippen molar-refractivity contribution in [1.29, 1.82) is 0 Å². The highest BCUT2D eigenvalue weighted by molar-refractivity contribution is 5.70. The summed E-state index contributed by atoms with van der Waals surface area (Å²) in [5, 5.41) is 11.7. The second kappa shape index (κ2) is 47.5. The van der Waals surface area contributed by atoms with Crippen LogP contribution in [-0.2, 0) is 28.6 Å². The van der Waals surface area contributed by atoms with Crippen molar-refractivity contribution in [2.24, 2.45) is 0 Å². The van der Waals surface area contributed by atoms with Gasteiger partial charge < -0.3 is 28.6 Å². The molecule has 0 aromatic rings. The SMILES string of the molecule is CC/C=C/C=C/C=C/C=C/C=C/C=C/C=C/CCCCCC(=O)OC(COCCC(C(=O)[O-])[N+](C)(C)C)COC(=O)CCCCCCCCC/C=C/C/C=C/CCCCCCCCCCC. The van der Waals surface area contributed by atoms with E-state index < -0.39 is 18.1 Å². The molecule has 66 heavy (non-hydrogen) atoms. The molecule has 8 heteroatoms. The van der Waals surface area contributed by atoms with Gasteiger partial charge in [-0.1, -0.05) is 213 Å². The number of ether oxygens (including phenoxy) is 3. The molecule has 0 aliphatic rings. The van der Waals surface area contributed by atoms with E-state index in [0.29, 0.717) is 12.8 Å². The van der Waals surface area contributed by atoms with Gasteiger partial charge in [-0.25, -0.2) is 0 Å². The number of nitrogens with zero attached hydrogens (tertiary/aromatic N) is 1. The third-order valence-electron chi connectivity index (χ3n) is 11.1. The highest BCUT2D eigenvalue weighted by Gasteiger charge is 2.25. The second-order valence-electron chi connectivity index (χ2n) is 18.2. The molecule has 0 aliphatic carbocycles. The number of likely N-dealkylation sites (N-methyl/N-ethyl adjacent to an activating group) is 1. The van der Waals surface area contributed by atoms with Crippen molar-refractivity contribution in [1.82, 2.24) is 0 Å². The summed E-state index contributed by atoms with van der Waals surface area (Å²) in [4.78, 5) is 37.0. The fourth-order valence-corrected chi connectivity index (χ4v) is 7.08. The van der Waals surface area contributed by atoms with Crippen molar-refractivity contribution < 1.29 is 38.2 Å². The Bertz CT molecular complexity index is 1440. The lowest BCUT2D eigenvalue weighted by Gasteiger charge is -2.34. The summed E-state index contributed by atoms with van der Waals surface area (Å²) in [5.41, 5.74) is 0. The minimum absolute atomic E-state index is 0.0117. The van der Waals surface area contributed by atoms with E-state index in [2.05, 4.69) is 50.3 Å². The number of carbonyl (C=O) groups is 3. The molecule has 0 N–H and O–H groups in total. The predicted molar refractivity (Wildman–Crippen MR) is 277 cm³/mol. The smallest absolute Gasteiger partial charge is 0.306 e. The number of allylic oxidation sites excluding steroid dienone is 18. The summed E-state index contributed by atoms with van der Waals surface area (Å²) in [6.07, 6.45) is 65.5. The Balaban J connectivity index is 4.36. The average molecular weight is 918 g/mol. The zero-order valence-electron chi connectivity index (χ0n) is 42.6. The first-order chi connectivity index (χ1) is 32.1. The Morgan fingerprint density at radius 2 is 0.909 bits per heavy atom. The number of hydrogen-bond acceptors (Lipinski definition) is 7. The summed E-state index contributed by atoms with van der Waals surface area (Å²) in [5.74, 6) is -1.82. The lowest BCUT2D eigenvalue weighted by atomic mass is 10.1. The molecule has 0 rings (SSSR count). The highest BCUT2D eigenvalue weighted by Crippen LogP contribution is 2.14. The Morgan fingerprint density at radius 1 is 0.485 bits per heavy atom. The number of rotatable bonds is 45. The number of aliphatic carboxylic acids is 1. The van der Waals surface area contributed by atoms with Gasteiger partial charge in [-0.15, -0.1) is 0 Å². The van der Waals surface area contributed by atoms with Gasteiger partial charge in [0.15, 0.2) is 6.10 Å². The van der Waals surface area contributed by atoms with Crippen LogP contribution in [0.1, 0.15) is 187 Å². The van der Waals surface area contributed by atoms with Crippen molar-refractivity contribution in [3.8, 4) is 0 Å². The molecule has 0 bridgehead atoms. The largest absolute Gasteiger partial charge is 0.544 e. The van der Waals surface area contributed by atoms with Crippen LogP contribution < -0.4 is 5.11 Å². The van der Waals surface area contributed by atoms with Gasteiger partial charge in [-0.3, -0.25) is 9.59 Å². The lowest BCUT2D eigenvalue weighted by Crippen LogP contribution is -2.55. The molecule has 2 unspecified atom stereocenters. The number of carboxylic acid groups (broad SMARTS) is 1. The van der Waals surface area contributed by atoms with E-state index in [4.69, 9.17) is 14.2 Å². The maximum atomic E-state index is 12.8. The van der Waals surface area contributed by atoms with E-state index in [1.165, 1.54) is 89.9 Å². The zero-order chi connectivity index (χ0) is 48.4. The van der Waals surface area contributed by atoms with Gasteiger partial charge in [-0.05, 0) is 64.2 Å². The zero-order valence-corrected chi connectivity index (χ0v) is 42.6. The van der Waals surface area contributed by atoms with Gasteiger partial charge >= 0.3 is 11.9 Å². The summed E-state index contributed by atoms with van der Waals surface area (Å²) >= 11 is 0. The Kier molecular flexibility index (Phi) is 44.6.